The number of rotatable bonds is 6. The number of hydrogen-bond acceptors (Lipinski definition) is 3. The first-order chi connectivity index (χ1) is 9.56. The van der Waals surface area contributed by atoms with Crippen molar-refractivity contribution in [1.29, 1.82) is 0 Å². The molecule has 1 amide bonds. The van der Waals surface area contributed by atoms with Gasteiger partial charge in [0.15, 0.2) is 11.5 Å². The van der Waals surface area contributed by atoms with Gasteiger partial charge in [-0.2, -0.15) is 8.78 Å². The van der Waals surface area contributed by atoms with E-state index in [4.69, 9.17) is 4.74 Å². The lowest BCUT2D eigenvalue weighted by atomic mass is 10.2. The van der Waals surface area contributed by atoms with Crippen molar-refractivity contribution in [3.8, 4) is 11.5 Å². The van der Waals surface area contributed by atoms with Gasteiger partial charge in [0.1, 0.15) is 0 Å². The zero-order valence-corrected chi connectivity index (χ0v) is 11.1. The topological polar surface area (TPSA) is 47.6 Å². The van der Waals surface area contributed by atoms with Gasteiger partial charge in [-0.15, -0.1) is 0 Å². The van der Waals surface area contributed by atoms with Crippen molar-refractivity contribution in [3.05, 3.63) is 42.5 Å². The molecule has 6 heteroatoms. The van der Waals surface area contributed by atoms with Gasteiger partial charge in [0.2, 0.25) is 5.91 Å². The molecule has 1 aromatic carbocycles. The molecule has 0 saturated carbocycles. The second kappa shape index (κ2) is 7.93. The van der Waals surface area contributed by atoms with E-state index in [1.807, 2.05) is 6.92 Å². The van der Waals surface area contributed by atoms with E-state index in [2.05, 4.69) is 10.1 Å². The van der Waals surface area contributed by atoms with Crippen LogP contribution >= 0.6 is 0 Å². The van der Waals surface area contributed by atoms with Crippen LogP contribution in [0, 0.1) is 0 Å². The van der Waals surface area contributed by atoms with E-state index >= 15 is 0 Å². The van der Waals surface area contributed by atoms with Crippen molar-refractivity contribution in [2.45, 2.75) is 13.5 Å². The highest BCUT2D eigenvalue weighted by Crippen LogP contribution is 2.31. The van der Waals surface area contributed by atoms with Crippen molar-refractivity contribution in [2.24, 2.45) is 0 Å². The lowest BCUT2D eigenvalue weighted by molar-refractivity contribution is -0.111. The van der Waals surface area contributed by atoms with Crippen molar-refractivity contribution < 1.29 is 23.0 Å². The minimum Gasteiger partial charge on any atom is -0.493 e. The van der Waals surface area contributed by atoms with Crippen molar-refractivity contribution >= 4 is 11.6 Å². The van der Waals surface area contributed by atoms with E-state index in [0.29, 0.717) is 5.69 Å². The Morgan fingerprint density at radius 3 is 2.65 bits per heavy atom. The van der Waals surface area contributed by atoms with Crippen molar-refractivity contribution in [3.63, 3.8) is 0 Å². The average molecular weight is 283 g/mol. The minimum atomic E-state index is -2.97. The maximum Gasteiger partial charge on any atom is 0.387 e. The smallest absolute Gasteiger partial charge is 0.387 e. The van der Waals surface area contributed by atoms with E-state index < -0.39 is 6.61 Å². The number of alkyl halides is 2. The number of anilines is 1. The van der Waals surface area contributed by atoms with Crippen LogP contribution in [-0.2, 0) is 4.79 Å². The molecule has 0 aliphatic carbocycles. The van der Waals surface area contributed by atoms with Crippen LogP contribution in [0.15, 0.2) is 42.5 Å². The van der Waals surface area contributed by atoms with Crippen molar-refractivity contribution in [2.75, 3.05) is 12.4 Å². The van der Waals surface area contributed by atoms with E-state index in [1.54, 1.807) is 18.2 Å². The van der Waals surface area contributed by atoms with Crippen LogP contribution in [0.25, 0.3) is 0 Å². The summed E-state index contributed by atoms with van der Waals surface area (Å²) in [5, 5.41) is 2.53. The summed E-state index contributed by atoms with van der Waals surface area (Å²) in [7, 11) is 1.34. The number of nitrogens with one attached hydrogen (secondary N) is 1. The second-order valence-electron chi connectivity index (χ2n) is 3.62. The van der Waals surface area contributed by atoms with E-state index in [9.17, 15) is 13.6 Å². The average Bonchev–Trinajstić information content (AvgIpc) is 2.38. The Balaban J connectivity index is 2.83. The summed E-state index contributed by atoms with van der Waals surface area (Å²) in [4.78, 5) is 11.5. The number of carbonyl (C=O) groups is 1. The third-order valence-corrected chi connectivity index (χ3v) is 2.20. The Morgan fingerprint density at radius 2 is 2.05 bits per heavy atom. The first kappa shape index (κ1) is 15.7. The minimum absolute atomic E-state index is 0.141. The Labute approximate surface area is 115 Å². The van der Waals surface area contributed by atoms with Crippen LogP contribution in [0.5, 0.6) is 11.5 Å². The molecule has 1 rings (SSSR count). The number of benzene rings is 1. The van der Waals surface area contributed by atoms with Gasteiger partial charge in [0.25, 0.3) is 0 Å². The first-order valence-electron chi connectivity index (χ1n) is 5.80. The number of halogens is 2. The molecule has 4 nitrogen and oxygen atoms in total. The van der Waals surface area contributed by atoms with Crippen LogP contribution in [-0.4, -0.2) is 19.6 Å². The second-order valence-corrected chi connectivity index (χ2v) is 3.62. The molecular formula is C14H15F2NO3. The summed E-state index contributed by atoms with van der Waals surface area (Å²) in [5.74, 6) is -0.359. The summed E-state index contributed by atoms with van der Waals surface area (Å²) in [6.45, 7) is -1.15. The predicted molar refractivity (Wildman–Crippen MR) is 72.2 cm³/mol. The fraction of sp³-hybridized carbons (Fsp3) is 0.214. The predicted octanol–water partition coefficient (Wildman–Crippen LogP) is 3.37. The quantitative estimate of drug-likeness (QED) is 0.643. The maximum absolute atomic E-state index is 12.3. The third-order valence-electron chi connectivity index (χ3n) is 2.20. The van der Waals surface area contributed by atoms with Gasteiger partial charge in [-0.3, -0.25) is 4.79 Å². The Kier molecular flexibility index (Phi) is 6.22. The molecule has 0 atom stereocenters. The van der Waals surface area contributed by atoms with Crippen molar-refractivity contribution in [1.82, 2.24) is 0 Å². The van der Waals surface area contributed by atoms with Crippen LogP contribution in [0.1, 0.15) is 6.92 Å². The van der Waals surface area contributed by atoms with Gasteiger partial charge < -0.3 is 14.8 Å². The van der Waals surface area contributed by atoms with Gasteiger partial charge in [0.05, 0.1) is 7.11 Å². The highest BCUT2D eigenvalue weighted by Gasteiger charge is 2.11. The summed E-state index contributed by atoms with van der Waals surface area (Å²) in [6, 6.07) is 4.23. The molecule has 0 aliphatic heterocycles. The number of carbonyl (C=O) groups excluding carboxylic acids is 1. The van der Waals surface area contributed by atoms with Gasteiger partial charge >= 0.3 is 6.61 Å². The SMILES string of the molecule is CC=CC=CC(=O)Nc1ccc(OC)c(OC(F)F)c1. The van der Waals surface area contributed by atoms with Crippen LogP contribution in [0.4, 0.5) is 14.5 Å². The molecule has 0 fully saturated rings. The molecule has 20 heavy (non-hydrogen) atoms. The number of ether oxygens (including phenoxy) is 2. The van der Waals surface area contributed by atoms with E-state index in [1.165, 1.54) is 31.4 Å². The van der Waals surface area contributed by atoms with E-state index in [-0.39, 0.29) is 17.4 Å². The fourth-order valence-electron chi connectivity index (χ4n) is 1.38. The highest BCUT2D eigenvalue weighted by atomic mass is 19.3. The molecule has 0 bridgehead atoms. The largest absolute Gasteiger partial charge is 0.493 e. The van der Waals surface area contributed by atoms with Gasteiger partial charge in [0, 0.05) is 17.8 Å². The molecule has 0 aliphatic rings. The molecule has 0 unspecified atom stereocenters. The standard InChI is InChI=1S/C14H15F2NO3/c1-3-4-5-6-13(18)17-10-7-8-11(19-2)12(9-10)20-14(15)16/h3-9,14H,1-2H3,(H,17,18). The number of hydrogen-bond donors (Lipinski definition) is 1. The fourth-order valence-corrected chi connectivity index (χ4v) is 1.38. The molecule has 108 valence electrons. The molecule has 0 heterocycles. The summed E-state index contributed by atoms with van der Waals surface area (Å²) >= 11 is 0. The summed E-state index contributed by atoms with van der Waals surface area (Å²) in [6.07, 6.45) is 6.35. The number of amides is 1. The van der Waals surface area contributed by atoms with E-state index in [0.717, 1.165) is 0 Å². The highest BCUT2D eigenvalue weighted by molar-refractivity contribution is 5.99. The normalized spacial score (nSPS) is 11.2. The lowest BCUT2D eigenvalue weighted by Gasteiger charge is -2.11. The molecular weight excluding hydrogens is 268 g/mol. The maximum atomic E-state index is 12.3. The molecule has 0 aromatic heterocycles. The van der Waals surface area contributed by atoms with Crippen LogP contribution in [0.2, 0.25) is 0 Å². The zero-order valence-electron chi connectivity index (χ0n) is 11.1. The lowest BCUT2D eigenvalue weighted by Crippen LogP contribution is -2.09. The van der Waals surface area contributed by atoms with Gasteiger partial charge in [-0.05, 0) is 19.1 Å². The molecule has 1 N–H and O–H groups in total. The number of methoxy groups -OCH3 is 1. The Hall–Kier alpha value is -2.37. The Morgan fingerprint density at radius 1 is 1.30 bits per heavy atom. The monoisotopic (exact) mass is 283 g/mol. The molecule has 1 aromatic rings. The summed E-state index contributed by atoms with van der Waals surface area (Å²) in [5.41, 5.74) is 0.330. The first-order valence-corrected chi connectivity index (χ1v) is 5.80. The zero-order chi connectivity index (χ0) is 15.0. The van der Waals surface area contributed by atoms with Crippen LogP contribution in [0.3, 0.4) is 0 Å². The molecule has 0 radical (unpaired) electrons. The van der Waals surface area contributed by atoms with Gasteiger partial charge in [-0.25, -0.2) is 0 Å². The Bertz CT molecular complexity index is 513. The number of allylic oxidation sites excluding steroid dienone is 3. The molecule has 0 saturated heterocycles. The summed E-state index contributed by atoms with van der Waals surface area (Å²) < 4.78 is 33.7. The van der Waals surface area contributed by atoms with Gasteiger partial charge in [-0.1, -0.05) is 18.2 Å². The molecule has 0 spiro atoms. The van der Waals surface area contributed by atoms with Crippen LogP contribution < -0.4 is 14.8 Å². The third kappa shape index (κ3) is 5.09.